The molecular formula is C21H21FN8O2. The summed E-state index contributed by atoms with van der Waals surface area (Å²) in [6.45, 7) is 1.63. The van der Waals surface area contributed by atoms with Crippen molar-refractivity contribution in [3.05, 3.63) is 82.2 Å². The van der Waals surface area contributed by atoms with Crippen LogP contribution in [0.2, 0.25) is 0 Å². The van der Waals surface area contributed by atoms with Gasteiger partial charge in [0.2, 0.25) is 0 Å². The van der Waals surface area contributed by atoms with Crippen LogP contribution in [0.1, 0.15) is 28.3 Å². The van der Waals surface area contributed by atoms with E-state index in [1.54, 1.807) is 36.4 Å². The van der Waals surface area contributed by atoms with Crippen molar-refractivity contribution in [2.75, 3.05) is 19.7 Å². The lowest BCUT2D eigenvalue weighted by molar-refractivity contribution is 0.0790. The maximum Gasteiger partial charge on any atom is 0.253 e. The van der Waals surface area contributed by atoms with Crippen molar-refractivity contribution < 1.29 is 13.9 Å². The number of azide groups is 1. The molecule has 1 amide bonds. The van der Waals surface area contributed by atoms with Gasteiger partial charge in [0.25, 0.3) is 5.91 Å². The molecule has 1 fully saturated rings. The number of tetrazole rings is 1. The molecule has 2 heterocycles. The molecule has 11 heteroatoms. The van der Waals surface area contributed by atoms with E-state index in [4.69, 9.17) is 10.3 Å². The van der Waals surface area contributed by atoms with E-state index in [1.807, 2.05) is 4.90 Å². The van der Waals surface area contributed by atoms with Crippen molar-refractivity contribution in [1.82, 2.24) is 25.1 Å². The van der Waals surface area contributed by atoms with Gasteiger partial charge in [-0.05, 0) is 59.1 Å². The predicted molar refractivity (Wildman–Crippen MR) is 112 cm³/mol. The lowest BCUT2D eigenvalue weighted by atomic mass is 9.99. The largest absolute Gasteiger partial charge is 0.493 e. The number of nitrogens with zero attached hydrogens (tertiary/aromatic N) is 8. The number of rotatable bonds is 8. The van der Waals surface area contributed by atoms with Crippen molar-refractivity contribution in [1.29, 1.82) is 0 Å². The fourth-order valence-electron chi connectivity index (χ4n) is 3.68. The van der Waals surface area contributed by atoms with Gasteiger partial charge in [0.05, 0.1) is 19.2 Å². The molecule has 2 aromatic carbocycles. The summed E-state index contributed by atoms with van der Waals surface area (Å²) in [5.41, 5.74) is 10.4. The summed E-state index contributed by atoms with van der Waals surface area (Å²) >= 11 is 0. The molecule has 1 aliphatic rings. The van der Waals surface area contributed by atoms with Gasteiger partial charge in [0.1, 0.15) is 11.6 Å². The second kappa shape index (κ2) is 9.88. The number of halogens is 1. The normalized spacial score (nSPS) is 16.4. The molecule has 1 aliphatic heterocycles. The van der Waals surface area contributed by atoms with E-state index in [2.05, 4.69) is 25.4 Å². The number of carbonyl (C=O) groups is 1. The Morgan fingerprint density at radius 3 is 2.72 bits per heavy atom. The number of benzene rings is 2. The smallest absolute Gasteiger partial charge is 0.253 e. The van der Waals surface area contributed by atoms with Crippen LogP contribution in [-0.2, 0) is 6.54 Å². The van der Waals surface area contributed by atoms with E-state index in [-0.39, 0.29) is 30.8 Å². The molecule has 0 N–H and O–H groups in total. The van der Waals surface area contributed by atoms with Crippen molar-refractivity contribution in [2.24, 2.45) is 5.11 Å². The number of likely N-dealkylation sites (tertiary alicyclic amines) is 1. The van der Waals surface area contributed by atoms with E-state index in [0.717, 1.165) is 12.0 Å². The molecule has 1 unspecified atom stereocenters. The number of hydrogen-bond donors (Lipinski definition) is 0. The van der Waals surface area contributed by atoms with Crippen LogP contribution in [0.15, 0.2) is 60.0 Å². The number of ether oxygens (including phenoxy) is 1. The Labute approximate surface area is 183 Å². The standard InChI is InChI=1S/C21H21FN8O2/c22-18-5-1-15(2-6-18)17-9-10-29(11-17)21(31)16-3-7-20(8-4-16)32-13-19(26-27-23)12-30-25-14-24-28-30/h1-8,14,17,19H,9-13H2/t17-,19?/m0/s1. The van der Waals surface area contributed by atoms with Crippen LogP contribution < -0.4 is 4.74 Å². The van der Waals surface area contributed by atoms with E-state index >= 15 is 0 Å². The third-order valence-electron chi connectivity index (χ3n) is 5.34. The molecule has 1 saturated heterocycles. The highest BCUT2D eigenvalue weighted by Gasteiger charge is 2.28. The van der Waals surface area contributed by atoms with Crippen LogP contribution in [0.3, 0.4) is 0 Å². The Morgan fingerprint density at radius 2 is 2.03 bits per heavy atom. The van der Waals surface area contributed by atoms with E-state index < -0.39 is 6.04 Å². The fraction of sp³-hybridized carbons (Fsp3) is 0.333. The molecule has 2 atom stereocenters. The molecule has 164 valence electrons. The zero-order valence-corrected chi connectivity index (χ0v) is 17.2. The van der Waals surface area contributed by atoms with Gasteiger partial charge in [-0.15, -0.1) is 10.2 Å². The lowest BCUT2D eigenvalue weighted by Gasteiger charge is -2.17. The topological polar surface area (TPSA) is 122 Å². The first kappa shape index (κ1) is 21.3. The highest BCUT2D eigenvalue weighted by Crippen LogP contribution is 2.28. The summed E-state index contributed by atoms with van der Waals surface area (Å²) in [6, 6.07) is 12.8. The second-order valence-electron chi connectivity index (χ2n) is 7.47. The first-order valence-corrected chi connectivity index (χ1v) is 10.1. The summed E-state index contributed by atoms with van der Waals surface area (Å²) in [7, 11) is 0. The number of amides is 1. The molecule has 1 aromatic heterocycles. The highest BCUT2D eigenvalue weighted by atomic mass is 19.1. The zero-order valence-electron chi connectivity index (χ0n) is 17.2. The molecule has 0 radical (unpaired) electrons. The molecular weight excluding hydrogens is 415 g/mol. The molecule has 3 aromatic rings. The van der Waals surface area contributed by atoms with Crippen molar-refractivity contribution in [3.8, 4) is 5.75 Å². The fourth-order valence-corrected chi connectivity index (χ4v) is 3.68. The van der Waals surface area contributed by atoms with Gasteiger partial charge < -0.3 is 9.64 Å². The third-order valence-corrected chi connectivity index (χ3v) is 5.34. The van der Waals surface area contributed by atoms with Crippen LogP contribution in [0.25, 0.3) is 10.4 Å². The van der Waals surface area contributed by atoms with Gasteiger partial charge in [-0.25, -0.2) is 4.39 Å². The monoisotopic (exact) mass is 436 g/mol. The maximum atomic E-state index is 13.1. The number of carbonyl (C=O) groups excluding carboxylic acids is 1. The van der Waals surface area contributed by atoms with Crippen LogP contribution >= 0.6 is 0 Å². The van der Waals surface area contributed by atoms with E-state index in [9.17, 15) is 9.18 Å². The first-order valence-electron chi connectivity index (χ1n) is 10.1. The van der Waals surface area contributed by atoms with Gasteiger partial charge in [-0.3, -0.25) is 4.79 Å². The van der Waals surface area contributed by atoms with Gasteiger partial charge in [-0.2, -0.15) is 4.80 Å². The predicted octanol–water partition coefficient (Wildman–Crippen LogP) is 3.20. The van der Waals surface area contributed by atoms with Gasteiger partial charge in [0.15, 0.2) is 6.33 Å². The maximum absolute atomic E-state index is 13.1. The summed E-state index contributed by atoms with van der Waals surface area (Å²) in [6.07, 6.45) is 2.14. The Kier molecular flexibility index (Phi) is 6.57. The van der Waals surface area contributed by atoms with Gasteiger partial charge in [0, 0.05) is 29.5 Å². The van der Waals surface area contributed by atoms with Crippen molar-refractivity contribution in [3.63, 3.8) is 0 Å². The quantitative estimate of drug-likeness (QED) is 0.305. The average molecular weight is 436 g/mol. The lowest BCUT2D eigenvalue weighted by Crippen LogP contribution is -2.28. The SMILES string of the molecule is [N-]=[N+]=NC(COc1ccc(C(=O)N2CC[C@H](c3ccc(F)cc3)C2)cc1)Cn1ncnn1. The highest BCUT2D eigenvalue weighted by molar-refractivity contribution is 5.94. The van der Waals surface area contributed by atoms with Crippen LogP contribution in [0, 0.1) is 5.82 Å². The van der Waals surface area contributed by atoms with Crippen molar-refractivity contribution in [2.45, 2.75) is 24.9 Å². The first-order chi connectivity index (χ1) is 15.6. The van der Waals surface area contributed by atoms with Crippen molar-refractivity contribution >= 4 is 5.91 Å². The molecule has 0 saturated carbocycles. The summed E-state index contributed by atoms with van der Waals surface area (Å²) in [5.74, 6) is 0.448. The molecule has 32 heavy (non-hydrogen) atoms. The van der Waals surface area contributed by atoms with Crippen LogP contribution in [-0.4, -0.2) is 56.8 Å². The zero-order chi connectivity index (χ0) is 22.3. The number of aromatic nitrogens is 4. The Hall–Kier alpha value is -3.98. The van der Waals surface area contributed by atoms with Gasteiger partial charge >= 0.3 is 0 Å². The summed E-state index contributed by atoms with van der Waals surface area (Å²) < 4.78 is 18.9. The second-order valence-corrected chi connectivity index (χ2v) is 7.47. The van der Waals surface area contributed by atoms with E-state index in [1.165, 1.54) is 23.3 Å². The Bertz CT molecular complexity index is 1080. The van der Waals surface area contributed by atoms with E-state index in [0.29, 0.717) is 24.4 Å². The van der Waals surface area contributed by atoms with Crippen LogP contribution in [0.4, 0.5) is 4.39 Å². The average Bonchev–Trinajstić information content (AvgIpc) is 3.50. The van der Waals surface area contributed by atoms with Gasteiger partial charge in [-0.1, -0.05) is 17.2 Å². The molecule has 0 aliphatic carbocycles. The Balaban J connectivity index is 1.32. The van der Waals surface area contributed by atoms with Crippen LogP contribution in [0.5, 0.6) is 5.75 Å². The minimum atomic E-state index is -0.511. The summed E-state index contributed by atoms with van der Waals surface area (Å²) in [4.78, 5) is 18.8. The molecule has 4 rings (SSSR count). The molecule has 0 spiro atoms. The third kappa shape index (κ3) is 5.19. The number of hydrogen-bond acceptors (Lipinski definition) is 6. The Morgan fingerprint density at radius 1 is 1.25 bits per heavy atom. The minimum absolute atomic E-state index is 0.0506. The summed E-state index contributed by atoms with van der Waals surface area (Å²) in [5, 5.41) is 14.9. The minimum Gasteiger partial charge on any atom is -0.493 e. The molecule has 10 nitrogen and oxygen atoms in total. The molecule has 0 bridgehead atoms.